The minimum atomic E-state index is -0.528. The molecule has 17 heavy (non-hydrogen) atoms. The molecule has 0 amide bonds. The predicted molar refractivity (Wildman–Crippen MR) is 64.9 cm³/mol. The Morgan fingerprint density at radius 1 is 1.41 bits per heavy atom. The molecule has 0 bridgehead atoms. The van der Waals surface area contributed by atoms with Crippen molar-refractivity contribution in [1.29, 1.82) is 0 Å². The van der Waals surface area contributed by atoms with Crippen LogP contribution in [0.1, 0.15) is 19.6 Å². The molecule has 1 heterocycles. The van der Waals surface area contributed by atoms with Crippen LogP contribution in [0.25, 0.3) is 0 Å². The summed E-state index contributed by atoms with van der Waals surface area (Å²) in [4.78, 5) is 12.2. The summed E-state index contributed by atoms with van der Waals surface area (Å²) in [5.74, 6) is 0.391. The summed E-state index contributed by atoms with van der Waals surface area (Å²) in [7, 11) is 0. The molecule has 6 nitrogen and oxygen atoms in total. The first kappa shape index (κ1) is 13.7. The number of likely N-dealkylation sites (N-methyl/N-ethyl adjacent to an activating group) is 1. The molecule has 0 aromatic carbocycles. The normalized spacial score (nSPS) is 11.0. The molecular weight excluding hydrogens is 222 g/mol. The average molecular weight is 241 g/mol. The van der Waals surface area contributed by atoms with E-state index in [2.05, 4.69) is 24.1 Å². The lowest BCUT2D eigenvalue weighted by molar-refractivity contribution is -0.402. The zero-order valence-corrected chi connectivity index (χ0v) is 10.3. The van der Waals surface area contributed by atoms with Gasteiger partial charge in [0.05, 0.1) is 12.6 Å². The maximum atomic E-state index is 10.4. The summed E-state index contributed by atoms with van der Waals surface area (Å²) >= 11 is 0. The number of rotatable bonds is 8. The van der Waals surface area contributed by atoms with Crippen LogP contribution in [0.2, 0.25) is 0 Å². The highest BCUT2D eigenvalue weighted by Crippen LogP contribution is 2.14. The van der Waals surface area contributed by atoms with E-state index in [1.54, 1.807) is 6.07 Å². The van der Waals surface area contributed by atoms with Gasteiger partial charge in [-0.2, -0.15) is 0 Å². The number of hydrogen-bond acceptors (Lipinski definition) is 5. The summed E-state index contributed by atoms with van der Waals surface area (Å²) in [6, 6.07) is 3.00. The van der Waals surface area contributed by atoms with E-state index >= 15 is 0 Å². The fraction of sp³-hybridized carbons (Fsp3) is 0.636. The van der Waals surface area contributed by atoms with E-state index in [-0.39, 0.29) is 5.88 Å². The lowest BCUT2D eigenvalue weighted by atomic mass is 10.4. The van der Waals surface area contributed by atoms with Crippen LogP contribution in [0.3, 0.4) is 0 Å². The van der Waals surface area contributed by atoms with Crippen LogP contribution in [-0.4, -0.2) is 36.0 Å². The minimum Gasteiger partial charge on any atom is -0.404 e. The van der Waals surface area contributed by atoms with Crippen LogP contribution in [-0.2, 0) is 6.54 Å². The molecule has 0 radical (unpaired) electrons. The van der Waals surface area contributed by atoms with Gasteiger partial charge in [-0.1, -0.05) is 13.8 Å². The molecule has 96 valence electrons. The molecule has 0 atom stereocenters. The van der Waals surface area contributed by atoms with Gasteiger partial charge in [0, 0.05) is 13.1 Å². The van der Waals surface area contributed by atoms with E-state index in [0.29, 0.717) is 12.3 Å². The third-order valence-corrected chi connectivity index (χ3v) is 2.63. The Morgan fingerprint density at radius 3 is 2.65 bits per heavy atom. The third-order valence-electron chi connectivity index (χ3n) is 2.63. The molecule has 1 aromatic rings. The molecule has 0 saturated carbocycles. The Balaban J connectivity index is 2.24. The first-order valence-electron chi connectivity index (χ1n) is 5.83. The van der Waals surface area contributed by atoms with Gasteiger partial charge in [-0.05, 0) is 19.2 Å². The zero-order valence-electron chi connectivity index (χ0n) is 10.3. The minimum absolute atomic E-state index is 0.203. The quantitative estimate of drug-likeness (QED) is 0.425. The third kappa shape index (κ3) is 4.54. The number of nitro groups is 1. The second-order valence-corrected chi connectivity index (χ2v) is 3.70. The highest BCUT2D eigenvalue weighted by molar-refractivity contribution is 5.17. The predicted octanol–water partition coefficient (Wildman–Crippen LogP) is 1.62. The van der Waals surface area contributed by atoms with Gasteiger partial charge < -0.3 is 14.6 Å². The van der Waals surface area contributed by atoms with Crippen LogP contribution < -0.4 is 5.32 Å². The molecule has 0 unspecified atom stereocenters. The molecule has 0 aliphatic rings. The van der Waals surface area contributed by atoms with Crippen LogP contribution in [0.4, 0.5) is 5.88 Å². The Labute approximate surface area is 101 Å². The molecule has 0 saturated heterocycles. The van der Waals surface area contributed by atoms with E-state index in [0.717, 1.165) is 26.2 Å². The standard InChI is InChI=1S/C11H19N3O3/c1-3-13(4-2)8-7-12-9-10-5-6-11(17-10)14(15)16/h5-6,12H,3-4,7-9H2,1-2H3. The average Bonchev–Trinajstić information content (AvgIpc) is 2.78. The molecular formula is C11H19N3O3. The van der Waals surface area contributed by atoms with Crippen LogP contribution in [0.5, 0.6) is 0 Å². The SMILES string of the molecule is CCN(CC)CCNCc1ccc([N+](=O)[O-])o1. The molecule has 1 rings (SSSR count). The van der Waals surface area contributed by atoms with Crippen molar-refractivity contribution in [3.8, 4) is 0 Å². The Hall–Kier alpha value is -1.40. The van der Waals surface area contributed by atoms with Gasteiger partial charge in [-0.15, -0.1) is 0 Å². The Kier molecular flexibility index (Phi) is 5.65. The van der Waals surface area contributed by atoms with Crippen molar-refractivity contribution in [2.45, 2.75) is 20.4 Å². The fourth-order valence-electron chi connectivity index (χ4n) is 1.55. The van der Waals surface area contributed by atoms with Gasteiger partial charge in [-0.3, -0.25) is 10.1 Å². The lowest BCUT2D eigenvalue weighted by Gasteiger charge is -2.17. The van der Waals surface area contributed by atoms with E-state index in [1.165, 1.54) is 6.07 Å². The van der Waals surface area contributed by atoms with E-state index in [1.807, 2.05) is 0 Å². The van der Waals surface area contributed by atoms with Gasteiger partial charge in [-0.25, -0.2) is 0 Å². The first-order chi connectivity index (χ1) is 8.17. The molecule has 0 aliphatic heterocycles. The van der Waals surface area contributed by atoms with Crippen molar-refractivity contribution < 1.29 is 9.34 Å². The zero-order chi connectivity index (χ0) is 12.7. The van der Waals surface area contributed by atoms with Crippen LogP contribution in [0, 0.1) is 10.1 Å². The van der Waals surface area contributed by atoms with Crippen LogP contribution in [0.15, 0.2) is 16.5 Å². The molecule has 1 aromatic heterocycles. The summed E-state index contributed by atoms with van der Waals surface area (Å²) in [5, 5.41) is 13.6. The molecule has 1 N–H and O–H groups in total. The Bertz CT molecular complexity index is 347. The van der Waals surface area contributed by atoms with Crippen LogP contribution >= 0.6 is 0 Å². The largest absolute Gasteiger partial charge is 0.433 e. The second-order valence-electron chi connectivity index (χ2n) is 3.70. The monoisotopic (exact) mass is 241 g/mol. The van der Waals surface area contributed by atoms with Crippen molar-refractivity contribution >= 4 is 5.88 Å². The number of nitrogens with one attached hydrogen (secondary N) is 1. The summed E-state index contributed by atoms with van der Waals surface area (Å²) in [6.45, 7) is 8.65. The van der Waals surface area contributed by atoms with Crippen molar-refractivity contribution in [2.24, 2.45) is 0 Å². The van der Waals surface area contributed by atoms with Crippen molar-refractivity contribution in [3.63, 3.8) is 0 Å². The highest BCUT2D eigenvalue weighted by atomic mass is 16.6. The van der Waals surface area contributed by atoms with E-state index in [9.17, 15) is 10.1 Å². The first-order valence-corrected chi connectivity index (χ1v) is 5.83. The van der Waals surface area contributed by atoms with Crippen molar-refractivity contribution in [1.82, 2.24) is 10.2 Å². The maximum absolute atomic E-state index is 10.4. The topological polar surface area (TPSA) is 71.5 Å². The van der Waals surface area contributed by atoms with Gasteiger partial charge in [0.2, 0.25) is 0 Å². The summed E-state index contributed by atoms with van der Waals surface area (Å²) in [6.07, 6.45) is 0. The van der Waals surface area contributed by atoms with Gasteiger partial charge in [0.25, 0.3) is 0 Å². The van der Waals surface area contributed by atoms with Crippen molar-refractivity contribution in [2.75, 3.05) is 26.2 Å². The second kappa shape index (κ2) is 7.03. The number of furan rings is 1. The number of nitrogens with zero attached hydrogens (tertiary/aromatic N) is 2. The Morgan fingerprint density at radius 2 is 2.12 bits per heavy atom. The lowest BCUT2D eigenvalue weighted by Crippen LogP contribution is -2.31. The highest BCUT2D eigenvalue weighted by Gasteiger charge is 2.11. The van der Waals surface area contributed by atoms with Gasteiger partial charge in [0.15, 0.2) is 0 Å². The maximum Gasteiger partial charge on any atom is 0.433 e. The molecule has 0 fully saturated rings. The van der Waals surface area contributed by atoms with Gasteiger partial charge in [0.1, 0.15) is 10.7 Å². The molecule has 0 spiro atoms. The smallest absolute Gasteiger partial charge is 0.404 e. The number of hydrogen-bond donors (Lipinski definition) is 1. The summed E-state index contributed by atoms with van der Waals surface area (Å²) in [5.41, 5.74) is 0. The van der Waals surface area contributed by atoms with Gasteiger partial charge >= 0.3 is 5.88 Å². The van der Waals surface area contributed by atoms with Crippen molar-refractivity contribution in [3.05, 3.63) is 28.0 Å². The van der Waals surface area contributed by atoms with E-state index < -0.39 is 4.92 Å². The van der Waals surface area contributed by atoms with E-state index in [4.69, 9.17) is 4.42 Å². The summed E-state index contributed by atoms with van der Waals surface area (Å²) < 4.78 is 5.03. The fourth-order valence-corrected chi connectivity index (χ4v) is 1.55. The molecule has 6 heteroatoms. The molecule has 0 aliphatic carbocycles.